The van der Waals surface area contributed by atoms with E-state index in [0.717, 1.165) is 30.6 Å². The fourth-order valence-electron chi connectivity index (χ4n) is 2.97. The first-order valence-electron chi connectivity index (χ1n) is 7.62. The number of carbonyl (C=O) groups excluding carboxylic acids is 2. The van der Waals surface area contributed by atoms with Crippen LogP contribution in [0.1, 0.15) is 37.7 Å². The van der Waals surface area contributed by atoms with Gasteiger partial charge >= 0.3 is 5.97 Å². The summed E-state index contributed by atoms with van der Waals surface area (Å²) in [5, 5.41) is 2.92. The van der Waals surface area contributed by atoms with E-state index in [4.69, 9.17) is 9.47 Å². The number of nitrogens with one attached hydrogen (secondary N) is 1. The molecule has 0 radical (unpaired) electrons. The van der Waals surface area contributed by atoms with E-state index >= 15 is 0 Å². The topological polar surface area (TPSA) is 64.6 Å². The number of amides is 1. The van der Waals surface area contributed by atoms with Crippen LogP contribution in [0.15, 0.2) is 24.3 Å². The first-order valence-corrected chi connectivity index (χ1v) is 7.62. The largest absolute Gasteiger partial charge is 0.497 e. The Morgan fingerprint density at radius 3 is 2.27 bits per heavy atom. The van der Waals surface area contributed by atoms with Crippen LogP contribution in [0.4, 0.5) is 0 Å². The second kappa shape index (κ2) is 7.29. The summed E-state index contributed by atoms with van der Waals surface area (Å²) in [7, 11) is 2.97. The van der Waals surface area contributed by atoms with E-state index in [9.17, 15) is 9.59 Å². The first kappa shape index (κ1) is 16.3. The molecule has 0 atom stereocenters. The van der Waals surface area contributed by atoms with Gasteiger partial charge in [-0.05, 0) is 30.5 Å². The zero-order valence-corrected chi connectivity index (χ0v) is 13.2. The highest BCUT2D eigenvalue weighted by Crippen LogP contribution is 2.29. The monoisotopic (exact) mass is 305 g/mol. The average molecular weight is 305 g/mol. The lowest BCUT2D eigenvalue weighted by Crippen LogP contribution is -2.56. The third-order valence-corrected chi connectivity index (χ3v) is 4.19. The van der Waals surface area contributed by atoms with Gasteiger partial charge < -0.3 is 14.8 Å². The summed E-state index contributed by atoms with van der Waals surface area (Å²) >= 11 is 0. The highest BCUT2D eigenvalue weighted by atomic mass is 16.5. The lowest BCUT2D eigenvalue weighted by molar-refractivity contribution is -0.152. The van der Waals surface area contributed by atoms with Crippen LogP contribution in [0.25, 0.3) is 0 Å². The molecule has 2 rings (SSSR count). The number of benzene rings is 1. The lowest BCUT2D eigenvalue weighted by Gasteiger charge is -2.35. The third kappa shape index (κ3) is 3.78. The Hall–Kier alpha value is -2.04. The van der Waals surface area contributed by atoms with Crippen molar-refractivity contribution in [2.75, 3.05) is 14.2 Å². The molecule has 1 fully saturated rings. The quantitative estimate of drug-likeness (QED) is 0.847. The Labute approximate surface area is 131 Å². The van der Waals surface area contributed by atoms with Gasteiger partial charge in [0.2, 0.25) is 5.91 Å². The number of hydrogen-bond donors (Lipinski definition) is 1. The molecule has 5 heteroatoms. The van der Waals surface area contributed by atoms with Crippen LogP contribution in [-0.2, 0) is 20.7 Å². The van der Waals surface area contributed by atoms with Crippen molar-refractivity contribution in [2.24, 2.45) is 0 Å². The summed E-state index contributed by atoms with van der Waals surface area (Å²) in [6.07, 6.45) is 4.48. The number of hydrogen-bond acceptors (Lipinski definition) is 4. The van der Waals surface area contributed by atoms with Gasteiger partial charge in [0.05, 0.1) is 20.6 Å². The molecule has 1 aromatic carbocycles. The Bertz CT molecular complexity index is 518. The van der Waals surface area contributed by atoms with Crippen LogP contribution < -0.4 is 10.1 Å². The minimum absolute atomic E-state index is 0.155. The van der Waals surface area contributed by atoms with Crippen LogP contribution in [0.5, 0.6) is 5.75 Å². The van der Waals surface area contributed by atoms with Crippen molar-refractivity contribution in [3.05, 3.63) is 29.8 Å². The van der Waals surface area contributed by atoms with Crippen molar-refractivity contribution in [3.63, 3.8) is 0 Å². The number of ether oxygens (including phenoxy) is 2. The zero-order chi connectivity index (χ0) is 16.0. The van der Waals surface area contributed by atoms with Crippen molar-refractivity contribution < 1.29 is 19.1 Å². The molecule has 22 heavy (non-hydrogen) atoms. The molecule has 0 bridgehead atoms. The summed E-state index contributed by atoms with van der Waals surface area (Å²) < 4.78 is 10.0. The summed E-state index contributed by atoms with van der Waals surface area (Å²) in [5.74, 6) is 0.259. The highest BCUT2D eigenvalue weighted by molar-refractivity contribution is 5.89. The predicted octanol–water partition coefficient (Wildman–Crippen LogP) is 2.23. The van der Waals surface area contributed by atoms with E-state index in [0.29, 0.717) is 12.8 Å². The number of carbonyl (C=O) groups is 2. The van der Waals surface area contributed by atoms with Gasteiger partial charge in [-0.15, -0.1) is 0 Å². The van der Waals surface area contributed by atoms with Gasteiger partial charge in [0, 0.05) is 0 Å². The van der Waals surface area contributed by atoms with Crippen molar-refractivity contribution in [1.82, 2.24) is 5.32 Å². The van der Waals surface area contributed by atoms with Gasteiger partial charge in [-0.25, -0.2) is 4.79 Å². The van der Waals surface area contributed by atoms with Crippen molar-refractivity contribution in [2.45, 2.75) is 44.1 Å². The molecule has 0 aliphatic heterocycles. The van der Waals surface area contributed by atoms with Gasteiger partial charge in [-0.1, -0.05) is 31.4 Å². The molecule has 1 aromatic rings. The standard InChI is InChI=1S/C17H23NO4/c1-21-14-8-6-13(7-9-14)12-15(19)18-17(16(20)22-2)10-4-3-5-11-17/h6-9H,3-5,10-12H2,1-2H3,(H,18,19). The summed E-state index contributed by atoms with van der Waals surface area (Å²) in [6, 6.07) is 7.34. The van der Waals surface area contributed by atoms with E-state index in [2.05, 4.69) is 5.32 Å². The van der Waals surface area contributed by atoms with Crippen LogP contribution >= 0.6 is 0 Å². The van der Waals surface area contributed by atoms with Gasteiger partial charge in [-0.3, -0.25) is 4.79 Å². The molecule has 1 N–H and O–H groups in total. The Morgan fingerprint density at radius 1 is 1.09 bits per heavy atom. The summed E-state index contributed by atoms with van der Waals surface area (Å²) in [6.45, 7) is 0. The smallest absolute Gasteiger partial charge is 0.331 e. The van der Waals surface area contributed by atoms with E-state index in [1.807, 2.05) is 24.3 Å². The Morgan fingerprint density at radius 2 is 1.73 bits per heavy atom. The first-order chi connectivity index (χ1) is 10.6. The van der Waals surface area contributed by atoms with E-state index in [1.54, 1.807) is 7.11 Å². The second-order valence-corrected chi connectivity index (χ2v) is 5.71. The summed E-state index contributed by atoms with van der Waals surface area (Å²) in [4.78, 5) is 24.4. The van der Waals surface area contributed by atoms with Crippen molar-refractivity contribution >= 4 is 11.9 Å². The van der Waals surface area contributed by atoms with Crippen LogP contribution in [0.2, 0.25) is 0 Å². The predicted molar refractivity (Wildman–Crippen MR) is 82.7 cm³/mol. The maximum absolute atomic E-state index is 12.3. The van der Waals surface area contributed by atoms with Crippen LogP contribution in [0, 0.1) is 0 Å². The van der Waals surface area contributed by atoms with Crippen molar-refractivity contribution in [3.8, 4) is 5.75 Å². The number of rotatable bonds is 5. The second-order valence-electron chi connectivity index (χ2n) is 5.71. The molecular weight excluding hydrogens is 282 g/mol. The normalized spacial score (nSPS) is 16.6. The fraction of sp³-hybridized carbons (Fsp3) is 0.529. The highest BCUT2D eigenvalue weighted by Gasteiger charge is 2.41. The molecule has 1 aliphatic carbocycles. The Balaban J connectivity index is 2.02. The van der Waals surface area contributed by atoms with Crippen LogP contribution in [0.3, 0.4) is 0 Å². The van der Waals surface area contributed by atoms with Gasteiger partial charge in [0.1, 0.15) is 11.3 Å². The van der Waals surface area contributed by atoms with Gasteiger partial charge in [-0.2, -0.15) is 0 Å². The third-order valence-electron chi connectivity index (χ3n) is 4.19. The van der Waals surface area contributed by atoms with E-state index in [-0.39, 0.29) is 18.3 Å². The molecule has 1 saturated carbocycles. The average Bonchev–Trinajstić information content (AvgIpc) is 2.55. The maximum atomic E-state index is 12.3. The molecule has 0 spiro atoms. The maximum Gasteiger partial charge on any atom is 0.331 e. The van der Waals surface area contributed by atoms with E-state index in [1.165, 1.54) is 7.11 Å². The van der Waals surface area contributed by atoms with E-state index < -0.39 is 5.54 Å². The minimum atomic E-state index is -0.851. The summed E-state index contributed by atoms with van der Waals surface area (Å²) in [5.41, 5.74) is 0.0328. The molecule has 0 unspecified atom stereocenters. The van der Waals surface area contributed by atoms with Gasteiger partial charge in [0.15, 0.2) is 0 Å². The fourth-order valence-corrected chi connectivity index (χ4v) is 2.97. The molecule has 1 aliphatic rings. The zero-order valence-electron chi connectivity index (χ0n) is 13.2. The molecule has 1 amide bonds. The number of methoxy groups -OCH3 is 2. The van der Waals surface area contributed by atoms with Gasteiger partial charge in [0.25, 0.3) is 0 Å². The molecule has 120 valence electrons. The molecule has 0 heterocycles. The minimum Gasteiger partial charge on any atom is -0.497 e. The SMILES string of the molecule is COC(=O)C1(NC(=O)Cc2ccc(OC)cc2)CCCCC1. The molecule has 5 nitrogen and oxygen atoms in total. The molecule has 0 saturated heterocycles. The molecule has 0 aromatic heterocycles. The Kier molecular flexibility index (Phi) is 5.41. The lowest BCUT2D eigenvalue weighted by atomic mass is 9.81. The number of esters is 1. The molecular formula is C17H23NO4. The van der Waals surface area contributed by atoms with Crippen LogP contribution in [-0.4, -0.2) is 31.6 Å². The van der Waals surface area contributed by atoms with Crippen molar-refractivity contribution in [1.29, 1.82) is 0 Å².